The van der Waals surface area contributed by atoms with Crippen molar-refractivity contribution >= 4 is 38.9 Å². The Hall–Kier alpha value is -3.73. The zero-order chi connectivity index (χ0) is 26.3. The number of fused-ring (bicyclic) bond motifs is 1. The van der Waals surface area contributed by atoms with E-state index >= 15 is 0 Å². The van der Waals surface area contributed by atoms with E-state index in [2.05, 4.69) is 47.6 Å². The molecule has 3 N–H and O–H groups in total. The van der Waals surface area contributed by atoms with E-state index in [0.717, 1.165) is 63.4 Å². The number of carboxylic acid groups (broad SMARTS) is 1. The summed E-state index contributed by atoms with van der Waals surface area (Å²) in [7, 11) is 0. The van der Waals surface area contributed by atoms with Gasteiger partial charge in [-0.15, -0.1) is 10.2 Å². The molecular formula is C27H27BrN6O4. The van der Waals surface area contributed by atoms with Crippen LogP contribution in [0.5, 0.6) is 0 Å². The van der Waals surface area contributed by atoms with Crippen LogP contribution in [-0.4, -0.2) is 59.8 Å². The molecule has 2 heterocycles. The number of aromatic amines is 2. The first-order valence-electron chi connectivity index (χ1n) is 12.8. The topological polar surface area (TPSA) is 137 Å². The molecule has 10 nitrogen and oxygen atoms in total. The van der Waals surface area contributed by atoms with Gasteiger partial charge in [-0.3, -0.25) is 4.79 Å². The zero-order valence-corrected chi connectivity index (χ0v) is 22.2. The van der Waals surface area contributed by atoms with Crippen molar-refractivity contribution in [1.29, 1.82) is 0 Å². The molecule has 1 amide bonds. The second-order valence-electron chi connectivity index (χ2n) is 10.2. The van der Waals surface area contributed by atoms with Crippen LogP contribution in [0.3, 0.4) is 0 Å². The Bertz CT molecular complexity index is 1490. The average molecular weight is 579 g/mol. The Balaban J connectivity index is 1.32. The molecule has 2 saturated carbocycles. The van der Waals surface area contributed by atoms with Crippen LogP contribution in [0.4, 0.5) is 4.79 Å². The van der Waals surface area contributed by atoms with E-state index in [4.69, 9.17) is 4.74 Å². The second kappa shape index (κ2) is 9.86. The van der Waals surface area contributed by atoms with E-state index in [1.807, 2.05) is 36.4 Å². The number of carbonyl (C=O) groups is 2. The largest absolute Gasteiger partial charge is 0.506 e. The number of nitrogens with one attached hydrogen (secondary N) is 2. The number of carbonyl (C=O) groups excluding carboxylic acids is 1. The first-order valence-corrected chi connectivity index (χ1v) is 13.6. The third-order valence-electron chi connectivity index (χ3n) is 7.49. The third-order valence-corrected chi connectivity index (χ3v) is 8.32. The van der Waals surface area contributed by atoms with Crippen molar-refractivity contribution in [3.63, 3.8) is 0 Å². The van der Waals surface area contributed by atoms with E-state index in [1.165, 1.54) is 0 Å². The van der Waals surface area contributed by atoms with E-state index in [9.17, 15) is 14.7 Å². The quantitative estimate of drug-likeness (QED) is 0.234. The lowest BCUT2D eigenvalue weighted by Gasteiger charge is -2.34. The fourth-order valence-corrected chi connectivity index (χ4v) is 6.17. The maximum absolute atomic E-state index is 13.3. The predicted octanol–water partition coefficient (Wildman–Crippen LogP) is 5.52. The van der Waals surface area contributed by atoms with Crippen molar-refractivity contribution in [2.75, 3.05) is 6.54 Å². The summed E-state index contributed by atoms with van der Waals surface area (Å²) in [5.41, 5.74) is 3.74. The van der Waals surface area contributed by atoms with Gasteiger partial charge >= 0.3 is 6.16 Å². The van der Waals surface area contributed by atoms with Crippen LogP contribution < -0.4 is 0 Å². The highest BCUT2D eigenvalue weighted by Gasteiger charge is 2.43. The molecule has 0 saturated heterocycles. The van der Waals surface area contributed by atoms with Crippen LogP contribution in [0, 0.1) is 5.92 Å². The average Bonchev–Trinajstić information content (AvgIpc) is 3.27. The molecule has 2 fully saturated rings. The summed E-state index contributed by atoms with van der Waals surface area (Å²) in [6, 6.07) is 13.9. The van der Waals surface area contributed by atoms with E-state index in [0.29, 0.717) is 25.2 Å². The van der Waals surface area contributed by atoms with Gasteiger partial charge in [-0.2, -0.15) is 5.21 Å². The molecule has 196 valence electrons. The summed E-state index contributed by atoms with van der Waals surface area (Å²) in [4.78, 5) is 30.1. The number of amides is 1. The summed E-state index contributed by atoms with van der Waals surface area (Å²) >= 11 is 3.79. The number of aromatic nitrogens is 5. The molecule has 4 aromatic rings. The van der Waals surface area contributed by atoms with Crippen LogP contribution in [-0.2, 0) is 16.1 Å². The number of halogens is 1. The number of ether oxygens (including phenoxy) is 1. The van der Waals surface area contributed by atoms with Gasteiger partial charge in [-0.1, -0.05) is 30.3 Å². The van der Waals surface area contributed by atoms with Crippen LogP contribution in [0.2, 0.25) is 0 Å². The minimum absolute atomic E-state index is 0.0225. The predicted molar refractivity (Wildman–Crippen MR) is 143 cm³/mol. The Labute approximate surface area is 226 Å². The van der Waals surface area contributed by atoms with Gasteiger partial charge in [0.25, 0.3) is 0 Å². The molecule has 2 aromatic carbocycles. The molecule has 0 atom stereocenters. The maximum Gasteiger partial charge on any atom is 0.506 e. The molecular weight excluding hydrogens is 552 g/mol. The highest BCUT2D eigenvalue weighted by atomic mass is 79.9. The third kappa shape index (κ3) is 4.78. The molecule has 0 spiro atoms. The number of rotatable bonds is 8. The lowest BCUT2D eigenvalue weighted by Crippen LogP contribution is -2.47. The summed E-state index contributed by atoms with van der Waals surface area (Å²) in [5, 5.41) is 24.9. The fraction of sp³-hybridized carbons (Fsp3) is 0.370. The van der Waals surface area contributed by atoms with Crippen molar-refractivity contribution in [3.05, 3.63) is 52.5 Å². The molecule has 0 unspecified atom stereocenters. The van der Waals surface area contributed by atoms with Gasteiger partial charge in [0.15, 0.2) is 0 Å². The van der Waals surface area contributed by atoms with Gasteiger partial charge < -0.3 is 19.7 Å². The maximum atomic E-state index is 13.3. The van der Waals surface area contributed by atoms with E-state index < -0.39 is 11.8 Å². The zero-order valence-electron chi connectivity index (χ0n) is 20.6. The van der Waals surface area contributed by atoms with Gasteiger partial charge in [0.2, 0.25) is 11.7 Å². The van der Waals surface area contributed by atoms with Gasteiger partial charge in [0.1, 0.15) is 5.60 Å². The number of nitrogens with zero attached hydrogens (tertiary/aromatic N) is 4. The van der Waals surface area contributed by atoms with Crippen LogP contribution >= 0.6 is 15.9 Å². The van der Waals surface area contributed by atoms with Gasteiger partial charge in [-0.05, 0) is 77.4 Å². The summed E-state index contributed by atoms with van der Waals surface area (Å²) in [6.07, 6.45) is 3.56. The molecule has 2 aromatic heterocycles. The smallest absolute Gasteiger partial charge is 0.450 e. The van der Waals surface area contributed by atoms with Crippen LogP contribution in [0.25, 0.3) is 33.5 Å². The molecule has 0 radical (unpaired) electrons. The van der Waals surface area contributed by atoms with Gasteiger partial charge in [-0.25, -0.2) is 4.79 Å². The summed E-state index contributed by atoms with van der Waals surface area (Å²) in [6.45, 7) is 0.673. The molecule has 0 bridgehead atoms. The van der Waals surface area contributed by atoms with Gasteiger partial charge in [0.05, 0.1) is 16.7 Å². The Morgan fingerprint density at radius 2 is 1.89 bits per heavy atom. The number of tetrazole rings is 1. The van der Waals surface area contributed by atoms with Crippen molar-refractivity contribution in [3.8, 4) is 22.6 Å². The fourth-order valence-electron chi connectivity index (χ4n) is 5.53. The second-order valence-corrected chi connectivity index (χ2v) is 11.0. The SMILES string of the molecule is O=C(O)OC1(CN(Cc2ccc3[nH]c(-c4ccccc4-c4nn[nH]n4)c(Br)c3c2)C(=O)C2CC2)CCCC1. The number of H-pyrrole nitrogens is 2. The molecule has 2 aliphatic carbocycles. The highest BCUT2D eigenvalue weighted by molar-refractivity contribution is 9.10. The highest BCUT2D eigenvalue weighted by Crippen LogP contribution is 2.40. The molecule has 2 aliphatic rings. The van der Waals surface area contributed by atoms with Crippen molar-refractivity contribution in [2.24, 2.45) is 5.92 Å². The number of hydrogen-bond acceptors (Lipinski definition) is 6. The molecule has 6 rings (SSSR count). The van der Waals surface area contributed by atoms with E-state index in [1.54, 1.807) is 4.90 Å². The van der Waals surface area contributed by atoms with Gasteiger partial charge in [0, 0.05) is 34.5 Å². The minimum Gasteiger partial charge on any atom is -0.450 e. The summed E-state index contributed by atoms with van der Waals surface area (Å²) in [5.74, 6) is 0.605. The minimum atomic E-state index is -1.28. The van der Waals surface area contributed by atoms with E-state index in [-0.39, 0.29) is 18.4 Å². The Kier molecular flexibility index (Phi) is 6.38. The van der Waals surface area contributed by atoms with Crippen molar-refractivity contribution in [2.45, 2.75) is 50.7 Å². The Morgan fingerprint density at radius 3 is 2.58 bits per heavy atom. The molecule has 11 heteroatoms. The first-order chi connectivity index (χ1) is 18.4. The van der Waals surface area contributed by atoms with Crippen LogP contribution in [0.15, 0.2) is 46.9 Å². The number of hydrogen-bond donors (Lipinski definition) is 3. The van der Waals surface area contributed by atoms with Crippen LogP contribution in [0.1, 0.15) is 44.1 Å². The molecule has 38 heavy (non-hydrogen) atoms. The number of benzene rings is 2. The normalized spacial score (nSPS) is 16.6. The monoisotopic (exact) mass is 578 g/mol. The lowest BCUT2D eigenvalue weighted by atomic mass is 10.00. The molecule has 0 aliphatic heterocycles. The first kappa shape index (κ1) is 24.6. The summed E-state index contributed by atoms with van der Waals surface area (Å²) < 4.78 is 6.29. The lowest BCUT2D eigenvalue weighted by molar-refractivity contribution is -0.137. The van der Waals surface area contributed by atoms with Crippen molar-refractivity contribution < 1.29 is 19.4 Å². The standard InChI is InChI=1S/C27H27BrN6O4/c28-22-20-13-16(14-34(25(35)17-8-9-17)15-27(38-26(36)37)11-3-4-12-27)7-10-21(20)29-23(22)18-5-1-2-6-19(18)24-30-32-33-31-24/h1-2,5-7,10,13,17,29H,3-4,8-9,11-12,14-15H2,(H,36,37)(H,30,31,32,33). The Morgan fingerprint density at radius 1 is 1.13 bits per heavy atom. The van der Waals surface area contributed by atoms with Crippen molar-refractivity contribution in [1.82, 2.24) is 30.5 Å².